The third-order valence-corrected chi connectivity index (χ3v) is 6.11. The van der Waals surface area contributed by atoms with Crippen molar-refractivity contribution in [1.82, 2.24) is 4.98 Å². The summed E-state index contributed by atoms with van der Waals surface area (Å²) in [5, 5.41) is 14.0. The van der Waals surface area contributed by atoms with E-state index in [4.69, 9.17) is 9.72 Å². The zero-order valence-corrected chi connectivity index (χ0v) is 20.0. The quantitative estimate of drug-likeness (QED) is 0.478. The summed E-state index contributed by atoms with van der Waals surface area (Å²) >= 11 is 1.65. The van der Waals surface area contributed by atoms with Crippen LogP contribution in [0.5, 0.6) is 11.5 Å². The first-order valence-corrected chi connectivity index (χ1v) is 11.4. The van der Waals surface area contributed by atoms with Gasteiger partial charge in [-0.05, 0) is 42.0 Å². The molecule has 4 heteroatoms. The maximum Gasteiger partial charge on any atom is 0.123 e. The van der Waals surface area contributed by atoms with Gasteiger partial charge in [0.2, 0.25) is 0 Å². The SMILES string of the molecule is Cc1ccc(OCCc2csc(-c3cc(C(C)(C)C)c(O)c(C(C)(C)C)c3)n2)cc1. The highest BCUT2D eigenvalue weighted by molar-refractivity contribution is 7.13. The molecular weight excluding hydrogens is 390 g/mol. The van der Waals surface area contributed by atoms with E-state index < -0.39 is 0 Å². The van der Waals surface area contributed by atoms with Gasteiger partial charge in [0.1, 0.15) is 16.5 Å². The summed E-state index contributed by atoms with van der Waals surface area (Å²) in [4.78, 5) is 4.86. The van der Waals surface area contributed by atoms with Crippen molar-refractivity contribution in [3.8, 4) is 22.1 Å². The molecule has 0 aliphatic carbocycles. The Morgan fingerprint density at radius 1 is 0.933 bits per heavy atom. The minimum atomic E-state index is -0.151. The second kappa shape index (κ2) is 8.43. The molecule has 30 heavy (non-hydrogen) atoms. The Labute approximate surface area is 184 Å². The highest BCUT2D eigenvalue weighted by Crippen LogP contribution is 2.42. The molecule has 160 valence electrons. The fourth-order valence-electron chi connectivity index (χ4n) is 3.36. The molecular formula is C26H33NO2S. The van der Waals surface area contributed by atoms with E-state index in [1.54, 1.807) is 11.3 Å². The lowest BCUT2D eigenvalue weighted by Crippen LogP contribution is -2.17. The Hall–Kier alpha value is -2.33. The fraction of sp³-hybridized carbons (Fsp3) is 0.423. The first-order valence-electron chi connectivity index (χ1n) is 10.5. The van der Waals surface area contributed by atoms with Gasteiger partial charge in [0.15, 0.2) is 0 Å². The van der Waals surface area contributed by atoms with Gasteiger partial charge >= 0.3 is 0 Å². The number of phenolic OH excluding ortho intramolecular Hbond substituents is 1. The van der Waals surface area contributed by atoms with E-state index in [1.165, 1.54) is 5.56 Å². The maximum absolute atomic E-state index is 10.9. The number of hydrogen-bond donors (Lipinski definition) is 1. The van der Waals surface area contributed by atoms with Crippen LogP contribution in [0.2, 0.25) is 0 Å². The van der Waals surface area contributed by atoms with Gasteiger partial charge in [0.05, 0.1) is 12.3 Å². The van der Waals surface area contributed by atoms with E-state index in [1.807, 2.05) is 12.1 Å². The van der Waals surface area contributed by atoms with E-state index in [0.29, 0.717) is 12.4 Å². The van der Waals surface area contributed by atoms with E-state index in [-0.39, 0.29) is 10.8 Å². The molecule has 1 aromatic heterocycles. The van der Waals surface area contributed by atoms with Gasteiger partial charge in [-0.15, -0.1) is 11.3 Å². The Balaban J connectivity index is 1.82. The van der Waals surface area contributed by atoms with Gasteiger partial charge in [-0.3, -0.25) is 0 Å². The predicted octanol–water partition coefficient (Wildman–Crippen LogP) is 7.04. The third kappa shape index (κ3) is 5.23. The number of aromatic hydroxyl groups is 1. The normalized spacial score (nSPS) is 12.2. The minimum Gasteiger partial charge on any atom is -0.507 e. The van der Waals surface area contributed by atoms with Crippen molar-refractivity contribution in [3.05, 3.63) is 64.2 Å². The number of rotatable bonds is 5. The summed E-state index contributed by atoms with van der Waals surface area (Å²) in [6.45, 7) is 15.5. The summed E-state index contributed by atoms with van der Waals surface area (Å²) < 4.78 is 5.85. The number of thiazole rings is 1. The van der Waals surface area contributed by atoms with Crippen LogP contribution in [0.3, 0.4) is 0 Å². The highest BCUT2D eigenvalue weighted by atomic mass is 32.1. The maximum atomic E-state index is 10.9. The van der Waals surface area contributed by atoms with Crippen LogP contribution < -0.4 is 4.74 Å². The molecule has 0 saturated heterocycles. The number of benzene rings is 2. The summed E-state index contributed by atoms with van der Waals surface area (Å²) in [7, 11) is 0. The van der Waals surface area contributed by atoms with Crippen LogP contribution in [0.4, 0.5) is 0 Å². The summed E-state index contributed by atoms with van der Waals surface area (Å²) in [6.07, 6.45) is 0.765. The van der Waals surface area contributed by atoms with E-state index in [2.05, 4.69) is 78.1 Å². The zero-order chi connectivity index (χ0) is 22.1. The van der Waals surface area contributed by atoms with E-state index in [9.17, 15) is 5.11 Å². The van der Waals surface area contributed by atoms with Crippen LogP contribution in [0, 0.1) is 6.92 Å². The first-order chi connectivity index (χ1) is 13.9. The molecule has 3 rings (SSSR count). The topological polar surface area (TPSA) is 42.4 Å². The molecule has 0 amide bonds. The lowest BCUT2D eigenvalue weighted by Gasteiger charge is -2.28. The molecule has 0 unspecified atom stereocenters. The van der Waals surface area contributed by atoms with Crippen LogP contribution >= 0.6 is 11.3 Å². The van der Waals surface area contributed by atoms with Gasteiger partial charge in [-0.1, -0.05) is 59.2 Å². The highest BCUT2D eigenvalue weighted by Gasteiger charge is 2.27. The average molecular weight is 424 g/mol. The molecule has 0 radical (unpaired) electrons. The molecule has 3 aromatic rings. The number of ether oxygens (including phenoxy) is 1. The summed E-state index contributed by atoms with van der Waals surface area (Å²) in [5.41, 5.74) is 4.95. The molecule has 3 nitrogen and oxygen atoms in total. The Kier molecular flexibility index (Phi) is 6.28. The molecule has 1 heterocycles. The first kappa shape index (κ1) is 22.4. The van der Waals surface area contributed by atoms with E-state index in [0.717, 1.165) is 39.6 Å². The predicted molar refractivity (Wildman–Crippen MR) is 127 cm³/mol. The minimum absolute atomic E-state index is 0.151. The number of aryl methyl sites for hydroxylation is 1. The van der Waals surface area contributed by atoms with E-state index >= 15 is 0 Å². The Bertz CT molecular complexity index is 970. The summed E-state index contributed by atoms with van der Waals surface area (Å²) in [5.74, 6) is 1.29. The number of nitrogens with zero attached hydrogens (tertiary/aromatic N) is 1. The van der Waals surface area contributed by atoms with Crippen molar-refractivity contribution in [3.63, 3.8) is 0 Å². The molecule has 0 spiro atoms. The number of phenols is 1. The van der Waals surface area contributed by atoms with Gasteiger partial charge in [-0.25, -0.2) is 4.98 Å². The van der Waals surface area contributed by atoms with Crippen LogP contribution in [-0.2, 0) is 17.3 Å². The zero-order valence-electron chi connectivity index (χ0n) is 19.2. The second-order valence-electron chi connectivity index (χ2n) is 9.98. The molecule has 2 aromatic carbocycles. The molecule has 0 atom stereocenters. The second-order valence-corrected chi connectivity index (χ2v) is 10.8. The molecule has 0 saturated carbocycles. The molecule has 0 fully saturated rings. The van der Waals surface area contributed by atoms with Crippen LogP contribution in [-0.4, -0.2) is 16.7 Å². The van der Waals surface area contributed by atoms with Crippen molar-refractivity contribution < 1.29 is 9.84 Å². The lowest BCUT2D eigenvalue weighted by atomic mass is 9.78. The van der Waals surface area contributed by atoms with Crippen molar-refractivity contribution in [1.29, 1.82) is 0 Å². The number of aromatic nitrogens is 1. The molecule has 0 bridgehead atoms. The summed E-state index contributed by atoms with van der Waals surface area (Å²) in [6, 6.07) is 12.3. The number of hydrogen-bond acceptors (Lipinski definition) is 4. The van der Waals surface area contributed by atoms with Crippen molar-refractivity contribution in [2.45, 2.75) is 65.7 Å². The molecule has 0 aliphatic rings. The van der Waals surface area contributed by atoms with Gasteiger partial charge in [0, 0.05) is 28.5 Å². The standard InChI is InChI=1S/C26H33NO2S/c1-17-8-10-20(11-9-17)29-13-12-19-16-30-24(27-19)18-14-21(25(2,3)4)23(28)22(15-18)26(5,6)7/h8-11,14-16,28H,12-13H2,1-7H3. The van der Waals surface area contributed by atoms with Crippen LogP contribution in [0.1, 0.15) is 63.9 Å². The molecule has 1 N–H and O–H groups in total. The third-order valence-electron chi connectivity index (χ3n) is 5.17. The van der Waals surface area contributed by atoms with Crippen LogP contribution in [0.15, 0.2) is 41.8 Å². The lowest BCUT2D eigenvalue weighted by molar-refractivity contribution is 0.321. The van der Waals surface area contributed by atoms with Crippen molar-refractivity contribution in [2.24, 2.45) is 0 Å². The largest absolute Gasteiger partial charge is 0.507 e. The Morgan fingerprint density at radius 2 is 1.50 bits per heavy atom. The monoisotopic (exact) mass is 423 g/mol. The van der Waals surface area contributed by atoms with Gasteiger partial charge in [0.25, 0.3) is 0 Å². The van der Waals surface area contributed by atoms with Crippen molar-refractivity contribution >= 4 is 11.3 Å². The van der Waals surface area contributed by atoms with Crippen molar-refractivity contribution in [2.75, 3.05) is 6.61 Å². The van der Waals surface area contributed by atoms with Gasteiger partial charge < -0.3 is 9.84 Å². The van der Waals surface area contributed by atoms with Gasteiger partial charge in [-0.2, -0.15) is 0 Å². The Morgan fingerprint density at radius 3 is 2.03 bits per heavy atom. The smallest absolute Gasteiger partial charge is 0.123 e. The molecule has 0 aliphatic heterocycles. The fourth-order valence-corrected chi connectivity index (χ4v) is 4.21. The average Bonchev–Trinajstić information content (AvgIpc) is 3.10. The van der Waals surface area contributed by atoms with Crippen LogP contribution in [0.25, 0.3) is 10.6 Å².